The minimum atomic E-state index is 0.258. The molecule has 0 aromatic carbocycles. The molecule has 0 bridgehead atoms. The van der Waals surface area contributed by atoms with Gasteiger partial charge in [-0.3, -0.25) is 4.98 Å². The quantitative estimate of drug-likeness (QED) is 0.828. The molecule has 0 spiro atoms. The first-order chi connectivity index (χ1) is 8.33. The van der Waals surface area contributed by atoms with Crippen molar-refractivity contribution >= 4 is 6.01 Å². The molecule has 0 unspecified atom stereocenters. The Labute approximate surface area is 99.5 Å². The zero-order chi connectivity index (χ0) is 12.1. The van der Waals surface area contributed by atoms with E-state index in [2.05, 4.69) is 15.2 Å². The number of anilines is 1. The Balaban J connectivity index is 2.11. The van der Waals surface area contributed by atoms with E-state index in [1.807, 2.05) is 30.0 Å². The van der Waals surface area contributed by atoms with E-state index in [1.54, 1.807) is 6.20 Å². The number of aromatic nitrogens is 3. The van der Waals surface area contributed by atoms with Crippen LogP contribution in [-0.4, -0.2) is 21.7 Å². The second-order valence-corrected chi connectivity index (χ2v) is 3.52. The lowest BCUT2D eigenvalue weighted by atomic mass is 10.3. The highest BCUT2D eigenvalue weighted by molar-refractivity contribution is 5.25. The van der Waals surface area contributed by atoms with Crippen LogP contribution in [0.5, 0.6) is 0 Å². The Kier molecular flexibility index (Phi) is 3.66. The lowest BCUT2D eigenvalue weighted by Crippen LogP contribution is -2.22. The second-order valence-electron chi connectivity index (χ2n) is 3.52. The standard InChI is InChI=1S/C11H15N5O/c1-2-16(8-9-5-3-4-6-13-9)11-15-14-10(7-12)17-11/h3-6H,2,7-8,12H2,1H3. The van der Waals surface area contributed by atoms with E-state index in [1.165, 1.54) is 0 Å². The smallest absolute Gasteiger partial charge is 0.318 e. The lowest BCUT2D eigenvalue weighted by Gasteiger charge is -2.16. The summed E-state index contributed by atoms with van der Waals surface area (Å²) in [5.41, 5.74) is 6.39. The molecule has 0 atom stereocenters. The number of hydrogen-bond donors (Lipinski definition) is 1. The summed E-state index contributed by atoms with van der Waals surface area (Å²) in [6.07, 6.45) is 1.77. The maximum Gasteiger partial charge on any atom is 0.318 e. The summed E-state index contributed by atoms with van der Waals surface area (Å²) >= 11 is 0. The molecule has 6 heteroatoms. The number of hydrogen-bond acceptors (Lipinski definition) is 6. The van der Waals surface area contributed by atoms with Gasteiger partial charge in [-0.2, -0.15) is 0 Å². The van der Waals surface area contributed by atoms with Crippen molar-refractivity contribution in [1.82, 2.24) is 15.2 Å². The van der Waals surface area contributed by atoms with E-state index in [0.717, 1.165) is 12.2 Å². The van der Waals surface area contributed by atoms with Gasteiger partial charge in [-0.05, 0) is 19.1 Å². The fraction of sp³-hybridized carbons (Fsp3) is 0.364. The molecular formula is C11H15N5O. The van der Waals surface area contributed by atoms with Crippen molar-refractivity contribution in [2.75, 3.05) is 11.4 Å². The molecule has 90 valence electrons. The fourth-order valence-corrected chi connectivity index (χ4v) is 1.46. The van der Waals surface area contributed by atoms with E-state index >= 15 is 0 Å². The summed E-state index contributed by atoms with van der Waals surface area (Å²) in [6.45, 7) is 3.69. The number of nitrogens with two attached hydrogens (primary N) is 1. The maximum absolute atomic E-state index is 5.43. The van der Waals surface area contributed by atoms with Crippen molar-refractivity contribution < 1.29 is 4.42 Å². The van der Waals surface area contributed by atoms with Gasteiger partial charge in [0, 0.05) is 12.7 Å². The van der Waals surface area contributed by atoms with E-state index < -0.39 is 0 Å². The number of nitrogens with zero attached hydrogens (tertiary/aromatic N) is 4. The van der Waals surface area contributed by atoms with Gasteiger partial charge in [0.2, 0.25) is 5.89 Å². The highest BCUT2D eigenvalue weighted by atomic mass is 16.4. The Morgan fingerprint density at radius 3 is 2.82 bits per heavy atom. The van der Waals surface area contributed by atoms with Crippen LogP contribution in [0, 0.1) is 0 Å². The molecule has 0 amide bonds. The molecule has 0 aliphatic heterocycles. The molecule has 2 N–H and O–H groups in total. The number of pyridine rings is 1. The van der Waals surface area contributed by atoms with Crippen molar-refractivity contribution in [3.63, 3.8) is 0 Å². The van der Waals surface area contributed by atoms with Crippen molar-refractivity contribution in [2.24, 2.45) is 5.73 Å². The minimum absolute atomic E-state index is 0.258. The van der Waals surface area contributed by atoms with Crippen LogP contribution in [0.2, 0.25) is 0 Å². The topological polar surface area (TPSA) is 81.1 Å². The highest BCUT2D eigenvalue weighted by Crippen LogP contribution is 2.14. The lowest BCUT2D eigenvalue weighted by molar-refractivity contribution is 0.484. The summed E-state index contributed by atoms with van der Waals surface area (Å²) in [4.78, 5) is 6.22. The normalized spacial score (nSPS) is 10.5. The first-order valence-corrected chi connectivity index (χ1v) is 5.50. The van der Waals surface area contributed by atoms with Crippen molar-refractivity contribution in [3.8, 4) is 0 Å². The molecule has 0 saturated heterocycles. The molecule has 2 heterocycles. The van der Waals surface area contributed by atoms with Crippen LogP contribution in [0.3, 0.4) is 0 Å². The van der Waals surface area contributed by atoms with Crippen LogP contribution in [0.1, 0.15) is 18.5 Å². The predicted octanol–water partition coefficient (Wildman–Crippen LogP) is 0.950. The van der Waals surface area contributed by atoms with Gasteiger partial charge in [-0.15, -0.1) is 5.10 Å². The summed E-state index contributed by atoms with van der Waals surface area (Å²) < 4.78 is 5.41. The molecule has 0 fully saturated rings. The molecule has 2 aromatic heterocycles. The van der Waals surface area contributed by atoms with Crippen LogP contribution in [0.15, 0.2) is 28.8 Å². The van der Waals surface area contributed by atoms with E-state index in [0.29, 0.717) is 18.5 Å². The van der Waals surface area contributed by atoms with E-state index in [4.69, 9.17) is 10.2 Å². The summed E-state index contributed by atoms with van der Waals surface area (Å²) in [6, 6.07) is 6.29. The monoisotopic (exact) mass is 233 g/mol. The van der Waals surface area contributed by atoms with Gasteiger partial charge in [0.25, 0.3) is 0 Å². The molecular weight excluding hydrogens is 218 g/mol. The third-order valence-corrected chi connectivity index (χ3v) is 2.36. The second kappa shape index (κ2) is 5.40. The Hall–Kier alpha value is -1.95. The molecule has 2 aromatic rings. The number of rotatable bonds is 5. The van der Waals surface area contributed by atoms with Crippen LogP contribution in [-0.2, 0) is 13.1 Å². The summed E-state index contributed by atoms with van der Waals surface area (Å²) in [5, 5.41) is 7.80. The maximum atomic E-state index is 5.43. The first-order valence-electron chi connectivity index (χ1n) is 5.50. The Morgan fingerprint density at radius 1 is 1.35 bits per heavy atom. The third kappa shape index (κ3) is 2.79. The largest absolute Gasteiger partial charge is 0.407 e. The van der Waals surface area contributed by atoms with Gasteiger partial charge in [-0.1, -0.05) is 11.2 Å². The van der Waals surface area contributed by atoms with E-state index in [-0.39, 0.29) is 6.54 Å². The van der Waals surface area contributed by atoms with Gasteiger partial charge in [-0.25, -0.2) is 0 Å². The molecule has 0 aliphatic rings. The van der Waals surface area contributed by atoms with Crippen LogP contribution in [0.4, 0.5) is 6.01 Å². The van der Waals surface area contributed by atoms with Crippen molar-refractivity contribution in [1.29, 1.82) is 0 Å². The summed E-state index contributed by atoms with van der Waals surface area (Å²) in [7, 11) is 0. The average Bonchev–Trinajstić information content (AvgIpc) is 2.86. The highest BCUT2D eigenvalue weighted by Gasteiger charge is 2.13. The van der Waals surface area contributed by atoms with Gasteiger partial charge in [0.1, 0.15) is 0 Å². The Bertz CT molecular complexity index is 456. The SMILES string of the molecule is CCN(Cc1ccccn1)c1nnc(CN)o1. The van der Waals surface area contributed by atoms with Gasteiger partial charge in [0.15, 0.2) is 0 Å². The molecule has 0 saturated carbocycles. The Morgan fingerprint density at radius 2 is 2.24 bits per heavy atom. The predicted molar refractivity (Wildman–Crippen MR) is 63.2 cm³/mol. The molecule has 17 heavy (non-hydrogen) atoms. The van der Waals surface area contributed by atoms with Gasteiger partial charge < -0.3 is 15.1 Å². The van der Waals surface area contributed by atoms with Crippen molar-refractivity contribution in [3.05, 3.63) is 36.0 Å². The van der Waals surface area contributed by atoms with Gasteiger partial charge >= 0.3 is 6.01 Å². The van der Waals surface area contributed by atoms with Crippen molar-refractivity contribution in [2.45, 2.75) is 20.0 Å². The van der Waals surface area contributed by atoms with Crippen LogP contribution < -0.4 is 10.6 Å². The fourth-order valence-electron chi connectivity index (χ4n) is 1.46. The zero-order valence-electron chi connectivity index (χ0n) is 9.71. The van der Waals surface area contributed by atoms with Crippen LogP contribution >= 0.6 is 0 Å². The third-order valence-electron chi connectivity index (χ3n) is 2.36. The molecule has 2 rings (SSSR count). The van der Waals surface area contributed by atoms with Gasteiger partial charge in [0.05, 0.1) is 18.8 Å². The minimum Gasteiger partial charge on any atom is -0.407 e. The molecule has 0 aliphatic carbocycles. The van der Waals surface area contributed by atoms with Crippen LogP contribution in [0.25, 0.3) is 0 Å². The average molecular weight is 233 g/mol. The molecule has 0 radical (unpaired) electrons. The zero-order valence-corrected chi connectivity index (χ0v) is 9.71. The first kappa shape index (κ1) is 11.5. The molecule has 6 nitrogen and oxygen atoms in total. The van der Waals surface area contributed by atoms with E-state index in [9.17, 15) is 0 Å². The summed E-state index contributed by atoms with van der Waals surface area (Å²) in [5.74, 6) is 0.444.